The molecular formula is C22H17FN2O5. The number of carbonyl (C=O) groups is 2. The lowest BCUT2D eigenvalue weighted by atomic mass is 10.1. The Bertz CT molecular complexity index is 1100. The minimum atomic E-state index is -1.45. The number of nitro groups is 1. The number of benzene rings is 3. The topological polar surface area (TPSA) is 98.5 Å². The molecule has 0 heterocycles. The average Bonchev–Trinajstić information content (AvgIpc) is 2.73. The van der Waals surface area contributed by atoms with Crippen LogP contribution >= 0.6 is 0 Å². The lowest BCUT2D eigenvalue weighted by Gasteiger charge is -2.18. The number of anilines is 1. The average molecular weight is 408 g/mol. The van der Waals surface area contributed by atoms with Crippen LogP contribution in [0.25, 0.3) is 0 Å². The molecule has 0 fully saturated rings. The van der Waals surface area contributed by atoms with Crippen molar-refractivity contribution in [3.63, 3.8) is 0 Å². The first kappa shape index (κ1) is 20.7. The molecule has 0 bridgehead atoms. The second kappa shape index (κ2) is 8.95. The monoisotopic (exact) mass is 408 g/mol. The van der Waals surface area contributed by atoms with Gasteiger partial charge in [0.15, 0.2) is 0 Å². The molecule has 3 rings (SSSR count). The van der Waals surface area contributed by atoms with Crippen molar-refractivity contribution in [2.45, 2.75) is 13.0 Å². The summed E-state index contributed by atoms with van der Waals surface area (Å²) in [5, 5.41) is 13.8. The third-order valence-electron chi connectivity index (χ3n) is 4.27. The highest BCUT2D eigenvalue weighted by Crippen LogP contribution is 2.28. The van der Waals surface area contributed by atoms with Crippen LogP contribution in [0.5, 0.6) is 0 Å². The Labute approximate surface area is 171 Å². The number of nitrogens with zero attached hydrogens (tertiary/aromatic N) is 1. The maximum Gasteiger partial charge on any atom is 0.342 e. The van der Waals surface area contributed by atoms with Gasteiger partial charge in [-0.3, -0.25) is 14.9 Å². The Hall–Kier alpha value is -4.07. The van der Waals surface area contributed by atoms with Crippen LogP contribution in [0.15, 0.2) is 72.8 Å². The Morgan fingerprint density at radius 2 is 1.70 bits per heavy atom. The molecular weight excluding hydrogens is 391 g/mol. The molecule has 0 aliphatic heterocycles. The van der Waals surface area contributed by atoms with Crippen LogP contribution in [0.3, 0.4) is 0 Å². The number of nitro benzene ring substituents is 1. The van der Waals surface area contributed by atoms with Crippen LogP contribution in [0, 0.1) is 22.9 Å². The van der Waals surface area contributed by atoms with E-state index >= 15 is 0 Å². The summed E-state index contributed by atoms with van der Waals surface area (Å²) < 4.78 is 19.2. The van der Waals surface area contributed by atoms with Gasteiger partial charge in [0.1, 0.15) is 11.5 Å². The van der Waals surface area contributed by atoms with Gasteiger partial charge in [0.25, 0.3) is 11.6 Å². The largest absolute Gasteiger partial charge is 0.444 e. The zero-order valence-electron chi connectivity index (χ0n) is 15.9. The quantitative estimate of drug-likeness (QED) is 0.366. The second-order valence-corrected chi connectivity index (χ2v) is 6.44. The van der Waals surface area contributed by atoms with E-state index in [9.17, 15) is 24.1 Å². The van der Waals surface area contributed by atoms with Crippen molar-refractivity contribution in [3.05, 3.63) is 105 Å². The van der Waals surface area contributed by atoms with Gasteiger partial charge in [-0.2, -0.15) is 0 Å². The summed E-state index contributed by atoms with van der Waals surface area (Å²) in [4.78, 5) is 36.1. The van der Waals surface area contributed by atoms with Gasteiger partial charge < -0.3 is 10.1 Å². The van der Waals surface area contributed by atoms with Gasteiger partial charge in [-0.15, -0.1) is 0 Å². The van der Waals surface area contributed by atoms with E-state index in [4.69, 9.17) is 4.74 Å². The smallest absolute Gasteiger partial charge is 0.342 e. The van der Waals surface area contributed by atoms with Crippen molar-refractivity contribution in [2.75, 3.05) is 5.32 Å². The summed E-state index contributed by atoms with van der Waals surface area (Å²) in [6.45, 7) is 1.68. The molecule has 0 aromatic heterocycles. The first-order valence-corrected chi connectivity index (χ1v) is 8.93. The van der Waals surface area contributed by atoms with E-state index in [1.165, 1.54) is 30.3 Å². The fourth-order valence-corrected chi connectivity index (χ4v) is 2.79. The van der Waals surface area contributed by atoms with E-state index in [0.717, 1.165) is 6.07 Å². The Kier molecular flexibility index (Phi) is 6.17. The molecule has 0 radical (unpaired) electrons. The zero-order chi connectivity index (χ0) is 21.7. The highest BCUT2D eigenvalue weighted by molar-refractivity contribution is 5.99. The van der Waals surface area contributed by atoms with Gasteiger partial charge in [-0.25, -0.2) is 9.18 Å². The van der Waals surface area contributed by atoms with Gasteiger partial charge in [0, 0.05) is 11.6 Å². The number of rotatable bonds is 6. The van der Waals surface area contributed by atoms with E-state index in [1.807, 2.05) is 0 Å². The third-order valence-corrected chi connectivity index (χ3v) is 4.27. The number of nitrogens with one attached hydrogen (secondary N) is 1. The number of hydrogen-bond acceptors (Lipinski definition) is 5. The minimum absolute atomic E-state index is 0.0431. The number of carbonyl (C=O) groups excluding carboxylic acids is 2. The van der Waals surface area contributed by atoms with E-state index < -0.39 is 28.7 Å². The fraction of sp³-hybridized carbons (Fsp3) is 0.0909. The van der Waals surface area contributed by atoms with Crippen molar-refractivity contribution in [1.29, 1.82) is 0 Å². The first-order chi connectivity index (χ1) is 14.4. The van der Waals surface area contributed by atoms with E-state index in [1.54, 1.807) is 43.3 Å². The number of ether oxygens (including phenoxy) is 1. The van der Waals surface area contributed by atoms with Gasteiger partial charge in [-0.1, -0.05) is 48.5 Å². The van der Waals surface area contributed by atoms with Gasteiger partial charge in [0.05, 0.1) is 10.5 Å². The van der Waals surface area contributed by atoms with Crippen molar-refractivity contribution in [1.82, 2.24) is 0 Å². The van der Waals surface area contributed by atoms with Gasteiger partial charge >= 0.3 is 5.97 Å². The molecule has 0 aliphatic carbocycles. The van der Waals surface area contributed by atoms with Crippen molar-refractivity contribution < 1.29 is 23.6 Å². The van der Waals surface area contributed by atoms with E-state index in [-0.39, 0.29) is 16.9 Å². The Morgan fingerprint density at radius 3 is 2.37 bits per heavy atom. The standard InChI is InChI=1S/C22H17FN2O5/c1-14-11-12-18(19(13-14)25(28)29)24-21(26)20(15-7-3-2-4-8-15)30-22(27)16-9-5-6-10-17(16)23/h2-13,20H,1H3,(H,24,26)/t20-/m1/s1. The van der Waals surface area contributed by atoms with Crippen LogP contribution in [-0.4, -0.2) is 16.8 Å². The summed E-state index contributed by atoms with van der Waals surface area (Å²) in [6, 6.07) is 17.6. The molecule has 3 aromatic carbocycles. The lowest BCUT2D eigenvalue weighted by molar-refractivity contribution is -0.384. The van der Waals surface area contributed by atoms with Crippen molar-refractivity contribution in [2.24, 2.45) is 0 Å². The highest BCUT2D eigenvalue weighted by Gasteiger charge is 2.28. The van der Waals surface area contributed by atoms with Crippen LogP contribution in [0.1, 0.15) is 27.6 Å². The molecule has 0 spiro atoms. The lowest BCUT2D eigenvalue weighted by Crippen LogP contribution is -2.26. The minimum Gasteiger partial charge on any atom is -0.444 e. The molecule has 152 valence electrons. The summed E-state index contributed by atoms with van der Waals surface area (Å²) in [7, 11) is 0. The number of esters is 1. The molecule has 0 saturated carbocycles. The number of aryl methyl sites for hydroxylation is 1. The van der Waals surface area contributed by atoms with Crippen molar-refractivity contribution >= 4 is 23.3 Å². The Balaban J connectivity index is 1.92. The molecule has 1 amide bonds. The number of amides is 1. The second-order valence-electron chi connectivity index (χ2n) is 6.44. The van der Waals surface area contributed by atoms with Gasteiger partial charge in [-0.05, 0) is 30.7 Å². The molecule has 7 nitrogen and oxygen atoms in total. The van der Waals surface area contributed by atoms with Crippen LogP contribution in [0.2, 0.25) is 0 Å². The van der Waals surface area contributed by atoms with Crippen LogP contribution < -0.4 is 5.32 Å². The van der Waals surface area contributed by atoms with Crippen LogP contribution in [0.4, 0.5) is 15.8 Å². The number of halogens is 1. The first-order valence-electron chi connectivity index (χ1n) is 8.93. The summed E-state index contributed by atoms with van der Waals surface area (Å²) in [5.74, 6) is -2.63. The normalized spacial score (nSPS) is 11.4. The molecule has 1 atom stereocenters. The molecule has 0 saturated heterocycles. The predicted octanol–water partition coefficient (Wildman–Crippen LogP) is 4.58. The molecule has 0 aliphatic rings. The van der Waals surface area contributed by atoms with Crippen LogP contribution in [-0.2, 0) is 9.53 Å². The summed E-state index contributed by atoms with van der Waals surface area (Å²) in [5.41, 5.74) is 0.307. The maximum atomic E-state index is 13.9. The molecule has 1 N–H and O–H groups in total. The third kappa shape index (κ3) is 4.67. The molecule has 0 unspecified atom stereocenters. The summed E-state index contributed by atoms with van der Waals surface area (Å²) in [6.07, 6.45) is -1.45. The fourth-order valence-electron chi connectivity index (χ4n) is 2.79. The SMILES string of the molecule is Cc1ccc(NC(=O)[C@H](OC(=O)c2ccccc2F)c2ccccc2)c([N+](=O)[O-])c1. The number of hydrogen-bond donors (Lipinski definition) is 1. The summed E-state index contributed by atoms with van der Waals surface area (Å²) >= 11 is 0. The van der Waals surface area contributed by atoms with E-state index in [2.05, 4.69) is 5.32 Å². The maximum absolute atomic E-state index is 13.9. The predicted molar refractivity (Wildman–Crippen MR) is 107 cm³/mol. The van der Waals surface area contributed by atoms with Crippen molar-refractivity contribution in [3.8, 4) is 0 Å². The van der Waals surface area contributed by atoms with Gasteiger partial charge in [0.2, 0.25) is 6.10 Å². The molecule has 8 heteroatoms. The highest BCUT2D eigenvalue weighted by atomic mass is 19.1. The molecule has 3 aromatic rings. The zero-order valence-corrected chi connectivity index (χ0v) is 15.9. The Morgan fingerprint density at radius 1 is 1.03 bits per heavy atom. The van der Waals surface area contributed by atoms with E-state index in [0.29, 0.717) is 11.1 Å². The molecule has 30 heavy (non-hydrogen) atoms.